The minimum Gasteiger partial charge on any atom is -0.455 e. The molecule has 0 saturated carbocycles. The molecule has 220 valence electrons. The van der Waals surface area contributed by atoms with E-state index >= 15 is 0 Å². The van der Waals surface area contributed by atoms with Gasteiger partial charge in [-0.15, -0.1) is 0 Å². The van der Waals surface area contributed by atoms with Crippen LogP contribution in [0.15, 0.2) is 174 Å². The first-order valence-corrected chi connectivity index (χ1v) is 16.0. The first-order chi connectivity index (χ1) is 23.3. The Bertz CT molecular complexity index is 2740. The summed E-state index contributed by atoms with van der Waals surface area (Å²) in [7, 11) is 0. The molecule has 10 aromatic rings. The molecule has 0 aliphatic heterocycles. The van der Waals surface area contributed by atoms with E-state index in [2.05, 4.69) is 179 Å². The lowest BCUT2D eigenvalue weighted by Crippen LogP contribution is -2.11. The molecule has 0 N–H and O–H groups in total. The normalized spacial score (nSPS) is 11.8. The molecule has 0 aliphatic carbocycles. The summed E-state index contributed by atoms with van der Waals surface area (Å²) in [5.74, 6) is 0. The zero-order valence-electron chi connectivity index (χ0n) is 25.5. The first kappa shape index (κ1) is 26.0. The summed E-state index contributed by atoms with van der Waals surface area (Å²) in [5.41, 5.74) is 8.61. The third kappa shape index (κ3) is 3.87. The van der Waals surface area contributed by atoms with Gasteiger partial charge < -0.3 is 13.9 Å². The number of nitrogens with zero attached hydrogens (tertiary/aromatic N) is 2. The van der Waals surface area contributed by atoms with Crippen LogP contribution in [-0.4, -0.2) is 4.57 Å². The highest BCUT2D eigenvalue weighted by molar-refractivity contribution is 6.20. The molecule has 0 atom stereocenters. The van der Waals surface area contributed by atoms with Crippen LogP contribution in [0.1, 0.15) is 0 Å². The average molecular weight is 601 g/mol. The Morgan fingerprint density at radius 2 is 0.979 bits per heavy atom. The number of furan rings is 1. The van der Waals surface area contributed by atoms with E-state index in [-0.39, 0.29) is 0 Å². The van der Waals surface area contributed by atoms with Gasteiger partial charge in [0.05, 0.1) is 27.8 Å². The number of hydrogen-bond donors (Lipinski definition) is 0. The molecule has 0 unspecified atom stereocenters. The maximum atomic E-state index is 6.64. The van der Waals surface area contributed by atoms with Gasteiger partial charge in [0, 0.05) is 38.3 Å². The second-order valence-electron chi connectivity index (χ2n) is 12.1. The molecule has 10 rings (SSSR count). The summed E-state index contributed by atoms with van der Waals surface area (Å²) in [5, 5.41) is 9.43. The molecular formula is C44H28N2O. The SMILES string of the molecule is c1ccc2c(N(c3ccc(-n4c5ccccc5c5ccccc54)cc3)c3cccc4oc5c6ccccc6ccc5c34)cccc2c1. The molecule has 3 heteroatoms. The molecule has 3 nitrogen and oxygen atoms in total. The van der Waals surface area contributed by atoms with Gasteiger partial charge >= 0.3 is 0 Å². The van der Waals surface area contributed by atoms with Crippen molar-refractivity contribution in [1.82, 2.24) is 4.57 Å². The van der Waals surface area contributed by atoms with Gasteiger partial charge in [-0.2, -0.15) is 0 Å². The zero-order valence-corrected chi connectivity index (χ0v) is 25.5. The van der Waals surface area contributed by atoms with Gasteiger partial charge in [-0.05, 0) is 71.4 Å². The van der Waals surface area contributed by atoms with Gasteiger partial charge in [0.1, 0.15) is 11.2 Å². The third-order valence-corrected chi connectivity index (χ3v) is 9.56. The fourth-order valence-electron chi connectivity index (χ4n) is 7.48. The van der Waals surface area contributed by atoms with Crippen molar-refractivity contribution >= 4 is 82.4 Å². The number of benzene rings is 8. The van der Waals surface area contributed by atoms with Crippen LogP contribution in [-0.2, 0) is 0 Å². The second-order valence-corrected chi connectivity index (χ2v) is 12.1. The topological polar surface area (TPSA) is 21.3 Å². The Balaban J connectivity index is 1.23. The van der Waals surface area contributed by atoms with Crippen LogP contribution in [0.2, 0.25) is 0 Å². The molecular weight excluding hydrogens is 572 g/mol. The van der Waals surface area contributed by atoms with Crippen LogP contribution in [0, 0.1) is 0 Å². The number of rotatable bonds is 4. The van der Waals surface area contributed by atoms with Crippen LogP contribution in [0.3, 0.4) is 0 Å². The van der Waals surface area contributed by atoms with Crippen molar-refractivity contribution in [2.24, 2.45) is 0 Å². The molecule has 0 fully saturated rings. The predicted octanol–water partition coefficient (Wildman–Crippen LogP) is 12.5. The van der Waals surface area contributed by atoms with Crippen LogP contribution in [0.5, 0.6) is 0 Å². The van der Waals surface area contributed by atoms with Crippen LogP contribution >= 0.6 is 0 Å². The smallest absolute Gasteiger partial charge is 0.143 e. The molecule has 8 aromatic carbocycles. The number of aromatic nitrogens is 1. The van der Waals surface area contributed by atoms with E-state index in [1.807, 2.05) is 0 Å². The standard InChI is InChI=1S/C44H28N2O/c1-3-14-33-29(11-1)13-9-20-38(33)46(41-21-10-22-42-43(41)37-28-23-30-12-2-4-15-34(30)44(37)47-42)32-26-24-31(25-27-32)45-39-18-7-5-16-35(39)36-17-6-8-19-40(36)45/h1-28H. The quantitative estimate of drug-likeness (QED) is 0.200. The van der Waals surface area contributed by atoms with E-state index in [9.17, 15) is 0 Å². The Morgan fingerprint density at radius 1 is 0.404 bits per heavy atom. The first-order valence-electron chi connectivity index (χ1n) is 16.0. The minimum atomic E-state index is 0.876. The van der Waals surface area contributed by atoms with Gasteiger partial charge in [0.2, 0.25) is 0 Å². The van der Waals surface area contributed by atoms with E-state index in [4.69, 9.17) is 4.42 Å². The monoisotopic (exact) mass is 600 g/mol. The fraction of sp³-hybridized carbons (Fsp3) is 0. The van der Waals surface area contributed by atoms with Crippen molar-refractivity contribution in [1.29, 1.82) is 0 Å². The maximum Gasteiger partial charge on any atom is 0.143 e. The maximum absolute atomic E-state index is 6.64. The van der Waals surface area contributed by atoms with E-state index in [0.717, 1.165) is 50.1 Å². The van der Waals surface area contributed by atoms with Crippen molar-refractivity contribution in [3.8, 4) is 5.69 Å². The molecule has 0 bridgehead atoms. The molecule has 0 radical (unpaired) electrons. The van der Waals surface area contributed by atoms with Gasteiger partial charge in [0.25, 0.3) is 0 Å². The Kier molecular flexibility index (Phi) is 5.57. The molecule has 0 spiro atoms. The number of para-hydroxylation sites is 2. The Labute approximate surface area is 271 Å². The van der Waals surface area contributed by atoms with Crippen LogP contribution in [0.4, 0.5) is 17.1 Å². The van der Waals surface area contributed by atoms with Gasteiger partial charge in [-0.1, -0.05) is 109 Å². The summed E-state index contributed by atoms with van der Waals surface area (Å²) >= 11 is 0. The summed E-state index contributed by atoms with van der Waals surface area (Å²) < 4.78 is 9.00. The molecule has 47 heavy (non-hydrogen) atoms. The van der Waals surface area contributed by atoms with Crippen molar-refractivity contribution in [2.75, 3.05) is 4.90 Å². The van der Waals surface area contributed by atoms with Gasteiger partial charge in [0.15, 0.2) is 0 Å². The Morgan fingerprint density at radius 3 is 1.72 bits per heavy atom. The average Bonchev–Trinajstić information content (AvgIpc) is 3.69. The van der Waals surface area contributed by atoms with Crippen molar-refractivity contribution in [3.63, 3.8) is 0 Å². The number of fused-ring (bicyclic) bond motifs is 9. The second kappa shape index (κ2) is 10.1. The third-order valence-electron chi connectivity index (χ3n) is 9.56. The van der Waals surface area contributed by atoms with Crippen LogP contribution in [0.25, 0.3) is 71.0 Å². The van der Waals surface area contributed by atoms with Gasteiger partial charge in [-0.25, -0.2) is 0 Å². The minimum absolute atomic E-state index is 0.876. The Hall–Kier alpha value is -6.32. The van der Waals surface area contributed by atoms with Crippen LogP contribution < -0.4 is 4.90 Å². The van der Waals surface area contributed by atoms with E-state index < -0.39 is 0 Å². The highest BCUT2D eigenvalue weighted by atomic mass is 16.3. The van der Waals surface area contributed by atoms with Crippen molar-refractivity contribution in [3.05, 3.63) is 170 Å². The van der Waals surface area contributed by atoms with E-state index in [1.54, 1.807) is 0 Å². The molecule has 2 aromatic heterocycles. The predicted molar refractivity (Wildman–Crippen MR) is 198 cm³/mol. The number of anilines is 3. The van der Waals surface area contributed by atoms with E-state index in [0.29, 0.717) is 0 Å². The lowest BCUT2D eigenvalue weighted by Gasteiger charge is -2.28. The molecule has 0 amide bonds. The summed E-state index contributed by atoms with van der Waals surface area (Å²) in [6, 6.07) is 60.7. The highest BCUT2D eigenvalue weighted by Gasteiger charge is 2.22. The number of hydrogen-bond acceptors (Lipinski definition) is 2. The lowest BCUT2D eigenvalue weighted by molar-refractivity contribution is 0.672. The zero-order chi connectivity index (χ0) is 30.9. The lowest BCUT2D eigenvalue weighted by atomic mass is 10.0. The summed E-state index contributed by atoms with van der Waals surface area (Å²) in [4.78, 5) is 2.39. The summed E-state index contributed by atoms with van der Waals surface area (Å²) in [6.45, 7) is 0. The highest BCUT2D eigenvalue weighted by Crippen LogP contribution is 2.46. The largest absolute Gasteiger partial charge is 0.455 e. The van der Waals surface area contributed by atoms with E-state index in [1.165, 1.54) is 38.0 Å². The van der Waals surface area contributed by atoms with Crippen molar-refractivity contribution in [2.45, 2.75) is 0 Å². The molecule has 0 aliphatic rings. The molecule has 0 saturated heterocycles. The van der Waals surface area contributed by atoms with Gasteiger partial charge in [-0.3, -0.25) is 0 Å². The fourth-order valence-corrected chi connectivity index (χ4v) is 7.48. The van der Waals surface area contributed by atoms with Crippen molar-refractivity contribution < 1.29 is 4.42 Å². The molecule has 2 heterocycles. The summed E-state index contributed by atoms with van der Waals surface area (Å²) in [6.07, 6.45) is 0.